The highest BCUT2D eigenvalue weighted by atomic mass is 15.1. The van der Waals surface area contributed by atoms with Gasteiger partial charge in [-0.2, -0.15) is 0 Å². The van der Waals surface area contributed by atoms with E-state index < -0.39 is 0 Å². The first-order valence-corrected chi connectivity index (χ1v) is 7.71. The highest BCUT2D eigenvalue weighted by Crippen LogP contribution is 2.31. The van der Waals surface area contributed by atoms with Gasteiger partial charge in [0.2, 0.25) is 0 Å². The Hall–Kier alpha value is -2.39. The molecule has 1 aliphatic heterocycles. The van der Waals surface area contributed by atoms with Gasteiger partial charge in [-0.3, -0.25) is 4.98 Å². The summed E-state index contributed by atoms with van der Waals surface area (Å²) < 4.78 is 0. The molecular formula is C19H19N3. The fourth-order valence-electron chi connectivity index (χ4n) is 3.11. The van der Waals surface area contributed by atoms with Crippen molar-refractivity contribution in [2.24, 2.45) is 0 Å². The van der Waals surface area contributed by atoms with Crippen LogP contribution in [0.15, 0.2) is 55.0 Å². The molecular weight excluding hydrogens is 270 g/mol. The van der Waals surface area contributed by atoms with Gasteiger partial charge in [-0.1, -0.05) is 18.2 Å². The average molecular weight is 289 g/mol. The monoisotopic (exact) mass is 289 g/mol. The van der Waals surface area contributed by atoms with Crippen molar-refractivity contribution in [1.29, 1.82) is 0 Å². The maximum Gasteiger partial charge on any atom is 0.0460 e. The first-order chi connectivity index (χ1) is 10.8. The number of aromatic nitrogens is 2. The Balaban J connectivity index is 1.81. The van der Waals surface area contributed by atoms with Gasteiger partial charge in [0.05, 0.1) is 0 Å². The molecule has 3 nitrogen and oxygen atoms in total. The Morgan fingerprint density at radius 2 is 2.14 bits per heavy atom. The zero-order valence-electron chi connectivity index (χ0n) is 12.7. The summed E-state index contributed by atoms with van der Waals surface area (Å²) in [6, 6.07) is 10.7. The van der Waals surface area contributed by atoms with Crippen LogP contribution in [-0.4, -0.2) is 35.0 Å². The van der Waals surface area contributed by atoms with Crippen molar-refractivity contribution < 1.29 is 0 Å². The summed E-state index contributed by atoms with van der Waals surface area (Å²) >= 11 is 0. The number of benzene rings is 1. The number of nitrogens with one attached hydrogen (secondary N) is 1. The van der Waals surface area contributed by atoms with Crippen LogP contribution in [0.3, 0.4) is 0 Å². The minimum atomic E-state index is 1.03. The molecule has 4 rings (SSSR count). The van der Waals surface area contributed by atoms with Crippen LogP contribution in [0.1, 0.15) is 12.0 Å². The summed E-state index contributed by atoms with van der Waals surface area (Å²) in [6.45, 7) is 2.16. The summed E-state index contributed by atoms with van der Waals surface area (Å²) in [4.78, 5) is 9.98. The molecule has 1 N–H and O–H groups in total. The van der Waals surface area contributed by atoms with Crippen molar-refractivity contribution in [1.82, 2.24) is 14.9 Å². The highest BCUT2D eigenvalue weighted by molar-refractivity contribution is 5.95. The quantitative estimate of drug-likeness (QED) is 0.774. The zero-order valence-corrected chi connectivity index (χ0v) is 12.7. The molecule has 0 spiro atoms. The van der Waals surface area contributed by atoms with Crippen LogP contribution in [0, 0.1) is 0 Å². The Bertz CT molecular complexity index is 830. The second-order valence-electron chi connectivity index (χ2n) is 5.95. The molecule has 0 saturated carbocycles. The third kappa shape index (κ3) is 2.34. The number of nitrogens with zero attached hydrogens (tertiary/aromatic N) is 2. The number of H-pyrrole nitrogens is 1. The second-order valence-corrected chi connectivity index (χ2v) is 5.95. The standard InChI is InChI=1S/C19H19N3/c1-22-9-6-14(7-10-22)18-13-21-19-5-4-15(11-17(18)19)16-3-2-8-20-12-16/h2-6,8,11-13,21H,7,9-10H2,1H3. The molecule has 0 unspecified atom stereocenters. The van der Waals surface area contributed by atoms with Gasteiger partial charge < -0.3 is 9.88 Å². The van der Waals surface area contributed by atoms with Gasteiger partial charge in [0, 0.05) is 53.7 Å². The van der Waals surface area contributed by atoms with Crippen LogP contribution in [0.2, 0.25) is 0 Å². The fourth-order valence-corrected chi connectivity index (χ4v) is 3.11. The van der Waals surface area contributed by atoms with Crippen LogP contribution in [0.5, 0.6) is 0 Å². The van der Waals surface area contributed by atoms with E-state index in [1.807, 2.05) is 18.5 Å². The summed E-state index contributed by atoms with van der Waals surface area (Å²) in [7, 11) is 2.17. The van der Waals surface area contributed by atoms with Crippen molar-refractivity contribution in [3.05, 3.63) is 60.6 Å². The molecule has 0 aliphatic carbocycles. The lowest BCUT2D eigenvalue weighted by Crippen LogP contribution is -2.23. The number of fused-ring (bicyclic) bond motifs is 1. The molecule has 22 heavy (non-hydrogen) atoms. The Kier molecular flexibility index (Phi) is 3.28. The number of rotatable bonds is 2. The lowest BCUT2D eigenvalue weighted by molar-refractivity contribution is 0.370. The second kappa shape index (κ2) is 5.43. The van der Waals surface area contributed by atoms with Gasteiger partial charge in [-0.25, -0.2) is 0 Å². The maximum atomic E-state index is 4.22. The third-order valence-corrected chi connectivity index (χ3v) is 4.43. The smallest absolute Gasteiger partial charge is 0.0460 e. The van der Waals surface area contributed by atoms with E-state index in [9.17, 15) is 0 Å². The topological polar surface area (TPSA) is 31.9 Å². The van der Waals surface area contributed by atoms with Crippen LogP contribution >= 0.6 is 0 Å². The highest BCUT2D eigenvalue weighted by Gasteiger charge is 2.13. The van der Waals surface area contributed by atoms with Crippen molar-refractivity contribution >= 4 is 16.5 Å². The van der Waals surface area contributed by atoms with Crippen molar-refractivity contribution in [3.8, 4) is 11.1 Å². The summed E-state index contributed by atoms with van der Waals surface area (Å²) in [5, 5.41) is 1.30. The molecule has 0 bridgehead atoms. The van der Waals surface area contributed by atoms with Crippen molar-refractivity contribution in [2.45, 2.75) is 6.42 Å². The Morgan fingerprint density at radius 3 is 2.91 bits per heavy atom. The molecule has 0 amide bonds. The van der Waals surface area contributed by atoms with E-state index in [-0.39, 0.29) is 0 Å². The third-order valence-electron chi connectivity index (χ3n) is 4.43. The van der Waals surface area contributed by atoms with Crippen LogP contribution in [0.4, 0.5) is 0 Å². The summed E-state index contributed by atoms with van der Waals surface area (Å²) in [5.74, 6) is 0. The van der Waals surface area contributed by atoms with E-state index in [0.717, 1.165) is 25.1 Å². The minimum Gasteiger partial charge on any atom is -0.361 e. The molecule has 0 radical (unpaired) electrons. The lowest BCUT2D eigenvalue weighted by atomic mass is 9.97. The van der Waals surface area contributed by atoms with E-state index in [0.29, 0.717) is 0 Å². The molecule has 2 aromatic heterocycles. The number of likely N-dealkylation sites (N-methyl/N-ethyl adjacent to an activating group) is 1. The lowest BCUT2D eigenvalue weighted by Gasteiger charge is -2.21. The molecule has 3 heteroatoms. The fraction of sp³-hybridized carbons (Fsp3) is 0.211. The number of aromatic amines is 1. The molecule has 0 atom stereocenters. The van der Waals surface area contributed by atoms with E-state index in [2.05, 4.69) is 58.5 Å². The molecule has 3 aromatic rings. The average Bonchev–Trinajstić information content (AvgIpc) is 2.99. The molecule has 3 heterocycles. The first-order valence-electron chi connectivity index (χ1n) is 7.71. The molecule has 1 aromatic carbocycles. The van der Waals surface area contributed by atoms with Gasteiger partial charge in [0.25, 0.3) is 0 Å². The number of hydrogen-bond acceptors (Lipinski definition) is 2. The Labute approximate surface area is 130 Å². The predicted molar refractivity (Wildman–Crippen MR) is 91.6 cm³/mol. The number of pyridine rings is 1. The van der Waals surface area contributed by atoms with Crippen LogP contribution in [-0.2, 0) is 0 Å². The van der Waals surface area contributed by atoms with Gasteiger partial charge in [-0.15, -0.1) is 0 Å². The van der Waals surface area contributed by atoms with E-state index in [1.54, 1.807) is 0 Å². The summed E-state index contributed by atoms with van der Waals surface area (Å²) in [5.41, 5.74) is 6.37. The van der Waals surface area contributed by atoms with Crippen molar-refractivity contribution in [2.75, 3.05) is 20.1 Å². The largest absolute Gasteiger partial charge is 0.361 e. The van der Waals surface area contributed by atoms with Crippen LogP contribution < -0.4 is 0 Å². The number of hydrogen-bond donors (Lipinski definition) is 1. The van der Waals surface area contributed by atoms with Gasteiger partial charge in [0.1, 0.15) is 0 Å². The van der Waals surface area contributed by atoms with E-state index in [4.69, 9.17) is 0 Å². The maximum absolute atomic E-state index is 4.22. The molecule has 0 fully saturated rings. The van der Waals surface area contributed by atoms with Crippen molar-refractivity contribution in [3.63, 3.8) is 0 Å². The predicted octanol–water partition coefficient (Wildman–Crippen LogP) is 3.95. The van der Waals surface area contributed by atoms with E-state index >= 15 is 0 Å². The normalized spacial score (nSPS) is 16.0. The van der Waals surface area contributed by atoms with E-state index in [1.165, 1.54) is 27.6 Å². The first kappa shape index (κ1) is 13.3. The minimum absolute atomic E-state index is 1.03. The Morgan fingerprint density at radius 1 is 1.18 bits per heavy atom. The SMILES string of the molecule is CN1CC=C(c2c[nH]c3ccc(-c4cccnc4)cc23)CC1. The molecule has 0 saturated heterocycles. The van der Waals surface area contributed by atoms with Gasteiger partial charge in [0.15, 0.2) is 0 Å². The molecule has 1 aliphatic rings. The molecule has 110 valence electrons. The van der Waals surface area contributed by atoms with Crippen LogP contribution in [0.25, 0.3) is 27.6 Å². The zero-order chi connectivity index (χ0) is 14.9. The summed E-state index contributed by atoms with van der Waals surface area (Å²) in [6.07, 6.45) is 9.34. The van der Waals surface area contributed by atoms with Gasteiger partial charge in [-0.05, 0) is 42.8 Å². The van der Waals surface area contributed by atoms with Gasteiger partial charge >= 0.3 is 0 Å².